The van der Waals surface area contributed by atoms with E-state index in [4.69, 9.17) is 9.47 Å². The van der Waals surface area contributed by atoms with Gasteiger partial charge in [0, 0.05) is 24.7 Å². The molecule has 0 unspecified atom stereocenters. The maximum atomic E-state index is 13.0. The van der Waals surface area contributed by atoms with Crippen molar-refractivity contribution in [2.24, 2.45) is 0 Å². The SMILES string of the molecule is CCOC(=O)CCN(Cc1ccccc1)C(=O)c1ccc(OC)c([N+](=O)[O-])c1. The molecule has 0 radical (unpaired) electrons. The molecule has 2 rings (SSSR count). The summed E-state index contributed by atoms with van der Waals surface area (Å²) in [4.78, 5) is 36.8. The third-order valence-electron chi connectivity index (χ3n) is 4.02. The minimum absolute atomic E-state index is 0.0324. The van der Waals surface area contributed by atoms with Crippen molar-refractivity contribution in [1.29, 1.82) is 0 Å². The van der Waals surface area contributed by atoms with Crippen LogP contribution in [0.5, 0.6) is 5.75 Å². The van der Waals surface area contributed by atoms with Gasteiger partial charge < -0.3 is 14.4 Å². The van der Waals surface area contributed by atoms with Crippen LogP contribution < -0.4 is 4.74 Å². The van der Waals surface area contributed by atoms with Gasteiger partial charge in [-0.2, -0.15) is 0 Å². The number of carbonyl (C=O) groups is 2. The van der Waals surface area contributed by atoms with E-state index >= 15 is 0 Å². The quantitative estimate of drug-likeness (QED) is 0.373. The van der Waals surface area contributed by atoms with Gasteiger partial charge in [-0.25, -0.2) is 0 Å². The highest BCUT2D eigenvalue weighted by molar-refractivity contribution is 5.95. The molecule has 1 amide bonds. The number of esters is 1. The lowest BCUT2D eigenvalue weighted by atomic mass is 10.1. The van der Waals surface area contributed by atoms with Crippen LogP contribution in [0, 0.1) is 10.1 Å². The largest absolute Gasteiger partial charge is 0.490 e. The molecule has 0 saturated heterocycles. The van der Waals surface area contributed by atoms with E-state index in [0.717, 1.165) is 5.56 Å². The van der Waals surface area contributed by atoms with Crippen LogP contribution in [-0.4, -0.2) is 42.0 Å². The number of nitro benzene ring substituents is 1. The van der Waals surface area contributed by atoms with Gasteiger partial charge in [0.2, 0.25) is 0 Å². The summed E-state index contributed by atoms with van der Waals surface area (Å²) in [5, 5.41) is 11.2. The summed E-state index contributed by atoms with van der Waals surface area (Å²) < 4.78 is 9.90. The number of carbonyl (C=O) groups excluding carboxylic acids is 2. The van der Waals surface area contributed by atoms with Crippen LogP contribution in [-0.2, 0) is 16.1 Å². The zero-order valence-corrected chi connectivity index (χ0v) is 15.8. The van der Waals surface area contributed by atoms with E-state index < -0.39 is 16.8 Å². The molecule has 2 aromatic carbocycles. The van der Waals surface area contributed by atoms with Crippen LogP contribution in [0.3, 0.4) is 0 Å². The van der Waals surface area contributed by atoms with Crippen LogP contribution in [0.15, 0.2) is 48.5 Å². The van der Waals surface area contributed by atoms with Crippen LogP contribution in [0.1, 0.15) is 29.3 Å². The van der Waals surface area contributed by atoms with E-state index in [1.54, 1.807) is 6.92 Å². The molecule has 8 heteroatoms. The first-order valence-electron chi connectivity index (χ1n) is 8.77. The predicted octanol–water partition coefficient (Wildman–Crippen LogP) is 3.20. The van der Waals surface area contributed by atoms with Crippen molar-refractivity contribution >= 4 is 17.6 Å². The van der Waals surface area contributed by atoms with Gasteiger partial charge in [0.15, 0.2) is 5.75 Å². The smallest absolute Gasteiger partial charge is 0.311 e. The number of hydrogen-bond acceptors (Lipinski definition) is 6. The molecule has 28 heavy (non-hydrogen) atoms. The molecule has 0 atom stereocenters. The van der Waals surface area contributed by atoms with Gasteiger partial charge in [0.25, 0.3) is 5.91 Å². The average Bonchev–Trinajstić information content (AvgIpc) is 2.71. The van der Waals surface area contributed by atoms with Gasteiger partial charge in [-0.3, -0.25) is 19.7 Å². The first-order valence-corrected chi connectivity index (χ1v) is 8.77. The van der Waals surface area contributed by atoms with E-state index in [9.17, 15) is 19.7 Å². The Morgan fingerprint density at radius 1 is 1.14 bits per heavy atom. The Balaban J connectivity index is 2.27. The molecule has 148 valence electrons. The molecule has 2 aromatic rings. The number of methoxy groups -OCH3 is 1. The molecule has 0 heterocycles. The zero-order chi connectivity index (χ0) is 20.5. The van der Waals surface area contributed by atoms with Gasteiger partial charge in [0.1, 0.15) is 0 Å². The fraction of sp³-hybridized carbons (Fsp3) is 0.300. The van der Waals surface area contributed by atoms with Crippen molar-refractivity contribution in [2.75, 3.05) is 20.3 Å². The first-order chi connectivity index (χ1) is 13.5. The second-order valence-electron chi connectivity index (χ2n) is 5.91. The predicted molar refractivity (Wildman–Crippen MR) is 102 cm³/mol. The molecule has 0 N–H and O–H groups in total. The molecule has 0 spiro atoms. The Labute approximate surface area is 162 Å². The molecule has 8 nitrogen and oxygen atoms in total. The normalized spacial score (nSPS) is 10.2. The Morgan fingerprint density at radius 2 is 1.86 bits per heavy atom. The fourth-order valence-corrected chi connectivity index (χ4v) is 2.66. The Morgan fingerprint density at radius 3 is 2.46 bits per heavy atom. The summed E-state index contributed by atoms with van der Waals surface area (Å²) in [6.07, 6.45) is 0.0324. The Bertz CT molecular complexity index is 838. The Kier molecular flexibility index (Phi) is 7.50. The molecule has 0 aliphatic heterocycles. The summed E-state index contributed by atoms with van der Waals surface area (Å²) in [7, 11) is 1.32. The van der Waals surface area contributed by atoms with Crippen molar-refractivity contribution in [3.8, 4) is 5.75 Å². The van der Waals surface area contributed by atoms with Crippen LogP contribution >= 0.6 is 0 Å². The molecule has 0 bridgehead atoms. The number of benzene rings is 2. The summed E-state index contributed by atoms with van der Waals surface area (Å²) in [5.41, 5.74) is 0.730. The lowest BCUT2D eigenvalue weighted by molar-refractivity contribution is -0.385. The summed E-state index contributed by atoms with van der Waals surface area (Å²) >= 11 is 0. The highest BCUT2D eigenvalue weighted by Crippen LogP contribution is 2.28. The van der Waals surface area contributed by atoms with Crippen LogP contribution in [0.4, 0.5) is 5.69 Å². The minimum Gasteiger partial charge on any atom is -0.490 e. The van der Waals surface area contributed by atoms with E-state index in [1.807, 2.05) is 30.3 Å². The number of nitro groups is 1. The van der Waals surface area contributed by atoms with E-state index in [0.29, 0.717) is 0 Å². The molecule has 0 saturated carbocycles. The van der Waals surface area contributed by atoms with E-state index in [2.05, 4.69) is 0 Å². The van der Waals surface area contributed by atoms with Gasteiger partial charge in [-0.05, 0) is 24.6 Å². The zero-order valence-electron chi connectivity index (χ0n) is 15.8. The number of ether oxygens (including phenoxy) is 2. The summed E-state index contributed by atoms with van der Waals surface area (Å²) in [6, 6.07) is 13.3. The van der Waals surface area contributed by atoms with Crippen LogP contribution in [0.2, 0.25) is 0 Å². The van der Waals surface area contributed by atoms with Crippen molar-refractivity contribution in [1.82, 2.24) is 4.90 Å². The molecule has 0 aromatic heterocycles. The average molecular weight is 386 g/mol. The molecular weight excluding hydrogens is 364 g/mol. The van der Waals surface area contributed by atoms with Crippen molar-refractivity contribution in [3.63, 3.8) is 0 Å². The van der Waals surface area contributed by atoms with Gasteiger partial charge in [-0.15, -0.1) is 0 Å². The first kappa shape index (κ1) is 20.9. The second kappa shape index (κ2) is 10.1. The third-order valence-corrected chi connectivity index (χ3v) is 4.02. The maximum Gasteiger partial charge on any atom is 0.311 e. The molecular formula is C20H22N2O6. The van der Waals surface area contributed by atoms with Crippen molar-refractivity contribution in [3.05, 3.63) is 69.8 Å². The highest BCUT2D eigenvalue weighted by atomic mass is 16.6. The number of rotatable bonds is 9. The summed E-state index contributed by atoms with van der Waals surface area (Å²) in [5.74, 6) is -0.754. The van der Waals surface area contributed by atoms with Gasteiger partial charge >= 0.3 is 11.7 Å². The Hall–Kier alpha value is -3.42. The number of hydrogen-bond donors (Lipinski definition) is 0. The van der Waals surface area contributed by atoms with Gasteiger partial charge in [-0.1, -0.05) is 30.3 Å². The van der Waals surface area contributed by atoms with Crippen molar-refractivity contribution < 1.29 is 24.0 Å². The highest BCUT2D eigenvalue weighted by Gasteiger charge is 2.22. The number of nitrogens with zero attached hydrogens (tertiary/aromatic N) is 2. The molecule has 0 fully saturated rings. The van der Waals surface area contributed by atoms with Crippen molar-refractivity contribution in [2.45, 2.75) is 19.9 Å². The van der Waals surface area contributed by atoms with Gasteiger partial charge in [0.05, 0.1) is 25.1 Å². The molecule has 0 aliphatic rings. The molecule has 0 aliphatic carbocycles. The second-order valence-corrected chi connectivity index (χ2v) is 5.91. The minimum atomic E-state index is -0.601. The monoisotopic (exact) mass is 386 g/mol. The van der Waals surface area contributed by atoms with Crippen LogP contribution in [0.25, 0.3) is 0 Å². The van der Waals surface area contributed by atoms with E-state index in [1.165, 1.54) is 30.2 Å². The topological polar surface area (TPSA) is 99.0 Å². The standard InChI is InChI=1S/C20H22N2O6/c1-3-28-19(23)11-12-21(14-15-7-5-4-6-8-15)20(24)16-9-10-18(27-2)17(13-16)22(25)26/h4-10,13H,3,11-12,14H2,1-2H3. The maximum absolute atomic E-state index is 13.0. The lowest BCUT2D eigenvalue weighted by Gasteiger charge is -2.23. The third kappa shape index (κ3) is 5.54. The van der Waals surface area contributed by atoms with E-state index in [-0.39, 0.29) is 43.1 Å². The lowest BCUT2D eigenvalue weighted by Crippen LogP contribution is -2.33. The number of amides is 1. The fourth-order valence-electron chi connectivity index (χ4n) is 2.66. The summed E-state index contributed by atoms with van der Waals surface area (Å²) in [6.45, 7) is 2.36.